The van der Waals surface area contributed by atoms with Crippen molar-refractivity contribution in [3.63, 3.8) is 0 Å². The van der Waals surface area contributed by atoms with Gasteiger partial charge in [0, 0.05) is 24.5 Å². The second-order valence-corrected chi connectivity index (χ2v) is 4.59. The molecule has 0 spiro atoms. The number of aromatic nitrogens is 1. The number of benzene rings is 1. The lowest BCUT2D eigenvalue weighted by Crippen LogP contribution is -2.16. The van der Waals surface area contributed by atoms with Gasteiger partial charge in [0.1, 0.15) is 5.75 Å². The minimum atomic E-state index is -0.355. The molecule has 2 aromatic rings. The van der Waals surface area contributed by atoms with Gasteiger partial charge in [-0.15, -0.1) is 0 Å². The molecule has 1 heterocycles. The number of methoxy groups -OCH3 is 1. The molecular weight excluding hydrogens is 256 g/mol. The van der Waals surface area contributed by atoms with Gasteiger partial charge >= 0.3 is 0 Å². The van der Waals surface area contributed by atoms with Crippen LogP contribution in [0, 0.1) is 6.92 Å². The molecule has 2 N–H and O–H groups in total. The van der Waals surface area contributed by atoms with E-state index in [2.05, 4.69) is 5.32 Å². The monoisotopic (exact) mass is 274 g/mol. The average molecular weight is 274 g/mol. The van der Waals surface area contributed by atoms with E-state index in [-0.39, 0.29) is 11.2 Å². The molecular formula is C15H18N2O3. The summed E-state index contributed by atoms with van der Waals surface area (Å²) < 4.78 is 6.89. The smallest absolute Gasteiger partial charge is 0.223 e. The van der Waals surface area contributed by atoms with Gasteiger partial charge in [-0.1, -0.05) is 0 Å². The van der Waals surface area contributed by atoms with E-state index >= 15 is 0 Å². The maximum Gasteiger partial charge on any atom is 0.223 e. The van der Waals surface area contributed by atoms with Crippen LogP contribution in [0.1, 0.15) is 11.4 Å². The van der Waals surface area contributed by atoms with Crippen LogP contribution in [0.4, 0.5) is 5.69 Å². The van der Waals surface area contributed by atoms with Gasteiger partial charge in [-0.05, 0) is 31.2 Å². The van der Waals surface area contributed by atoms with Crippen LogP contribution in [-0.4, -0.2) is 16.8 Å². The van der Waals surface area contributed by atoms with Crippen LogP contribution >= 0.6 is 0 Å². The van der Waals surface area contributed by atoms with Gasteiger partial charge in [0.25, 0.3) is 0 Å². The second-order valence-electron chi connectivity index (χ2n) is 4.59. The van der Waals surface area contributed by atoms with E-state index in [1.807, 2.05) is 38.2 Å². The number of aromatic hydroxyl groups is 1. The topological polar surface area (TPSA) is 63.5 Å². The standard InChI is InChI=1S/C15H18N2O3/c1-10-8-14(18)15(19)13(17(10)2)9-16-11-4-6-12(20-3)7-5-11/h4-8,16,19H,9H2,1-3H3. The van der Waals surface area contributed by atoms with E-state index in [9.17, 15) is 9.90 Å². The molecule has 0 bridgehead atoms. The molecule has 1 aromatic carbocycles. The Bertz CT molecular complexity index is 660. The largest absolute Gasteiger partial charge is 0.503 e. The summed E-state index contributed by atoms with van der Waals surface area (Å²) in [5.41, 5.74) is 1.90. The number of ether oxygens (including phenoxy) is 1. The lowest BCUT2D eigenvalue weighted by molar-refractivity contribution is 0.415. The van der Waals surface area contributed by atoms with Crippen LogP contribution in [0.3, 0.4) is 0 Å². The Morgan fingerprint density at radius 2 is 1.95 bits per heavy atom. The minimum absolute atomic E-state index is 0.209. The summed E-state index contributed by atoms with van der Waals surface area (Å²) in [6, 6.07) is 8.87. The molecule has 5 heteroatoms. The molecule has 0 saturated heterocycles. The molecule has 0 saturated carbocycles. The fourth-order valence-corrected chi connectivity index (χ4v) is 1.97. The highest BCUT2D eigenvalue weighted by Gasteiger charge is 2.10. The number of aryl methyl sites for hydroxylation is 1. The fraction of sp³-hybridized carbons (Fsp3) is 0.267. The predicted molar refractivity (Wildman–Crippen MR) is 78.4 cm³/mol. The van der Waals surface area contributed by atoms with Gasteiger partial charge in [-0.25, -0.2) is 0 Å². The summed E-state index contributed by atoms with van der Waals surface area (Å²) in [6.07, 6.45) is 0. The predicted octanol–water partition coefficient (Wildman–Crippen LogP) is 2.02. The molecule has 0 aliphatic rings. The SMILES string of the molecule is COc1ccc(NCc2c(O)c(=O)cc(C)n2C)cc1. The van der Waals surface area contributed by atoms with Gasteiger partial charge in [-0.3, -0.25) is 4.79 Å². The fourth-order valence-electron chi connectivity index (χ4n) is 1.97. The highest BCUT2D eigenvalue weighted by molar-refractivity contribution is 5.47. The summed E-state index contributed by atoms with van der Waals surface area (Å²) in [5.74, 6) is 0.570. The van der Waals surface area contributed by atoms with Crippen molar-refractivity contribution in [1.82, 2.24) is 4.57 Å². The third-order valence-corrected chi connectivity index (χ3v) is 3.33. The number of rotatable bonds is 4. The summed E-state index contributed by atoms with van der Waals surface area (Å²) in [4.78, 5) is 11.6. The van der Waals surface area contributed by atoms with E-state index < -0.39 is 0 Å². The first-order valence-electron chi connectivity index (χ1n) is 6.29. The lowest BCUT2D eigenvalue weighted by Gasteiger charge is -2.15. The highest BCUT2D eigenvalue weighted by Crippen LogP contribution is 2.18. The molecule has 1 aromatic heterocycles. The lowest BCUT2D eigenvalue weighted by atomic mass is 10.2. The van der Waals surface area contributed by atoms with E-state index in [1.54, 1.807) is 11.7 Å². The third kappa shape index (κ3) is 2.77. The number of nitrogens with zero attached hydrogens (tertiary/aromatic N) is 1. The van der Waals surface area contributed by atoms with Crippen LogP contribution in [-0.2, 0) is 13.6 Å². The van der Waals surface area contributed by atoms with E-state index in [4.69, 9.17) is 4.74 Å². The Balaban J connectivity index is 2.20. The summed E-state index contributed by atoms with van der Waals surface area (Å²) in [7, 11) is 3.43. The Hall–Kier alpha value is -2.43. The summed E-state index contributed by atoms with van der Waals surface area (Å²) in [6.45, 7) is 2.20. The molecule has 0 radical (unpaired) electrons. The van der Waals surface area contributed by atoms with Crippen LogP contribution in [0.15, 0.2) is 35.1 Å². The van der Waals surface area contributed by atoms with Crippen molar-refractivity contribution < 1.29 is 9.84 Å². The van der Waals surface area contributed by atoms with Crippen molar-refractivity contribution in [2.24, 2.45) is 7.05 Å². The van der Waals surface area contributed by atoms with E-state index in [0.29, 0.717) is 12.2 Å². The summed E-state index contributed by atoms with van der Waals surface area (Å²) in [5, 5.41) is 13.0. The van der Waals surface area contributed by atoms with Gasteiger partial charge in [0.15, 0.2) is 5.75 Å². The van der Waals surface area contributed by atoms with Crippen LogP contribution < -0.4 is 15.5 Å². The van der Waals surface area contributed by atoms with Gasteiger partial charge in [-0.2, -0.15) is 0 Å². The van der Waals surface area contributed by atoms with E-state index in [1.165, 1.54) is 6.07 Å². The zero-order valence-corrected chi connectivity index (χ0v) is 11.8. The first-order chi connectivity index (χ1) is 9.52. The zero-order chi connectivity index (χ0) is 14.7. The van der Waals surface area contributed by atoms with Gasteiger partial charge in [0.2, 0.25) is 5.43 Å². The second kappa shape index (κ2) is 5.69. The van der Waals surface area contributed by atoms with Gasteiger partial charge in [0.05, 0.1) is 19.3 Å². The van der Waals surface area contributed by atoms with Crippen LogP contribution in [0.2, 0.25) is 0 Å². The molecule has 106 valence electrons. The maximum atomic E-state index is 11.6. The van der Waals surface area contributed by atoms with Crippen molar-refractivity contribution in [3.05, 3.63) is 51.9 Å². The van der Waals surface area contributed by atoms with Crippen LogP contribution in [0.25, 0.3) is 0 Å². The number of nitrogens with one attached hydrogen (secondary N) is 1. The average Bonchev–Trinajstić information content (AvgIpc) is 2.46. The molecule has 0 aliphatic carbocycles. The third-order valence-electron chi connectivity index (χ3n) is 3.33. The van der Waals surface area contributed by atoms with Crippen LogP contribution in [0.5, 0.6) is 11.5 Å². The molecule has 20 heavy (non-hydrogen) atoms. The maximum absolute atomic E-state index is 11.6. The van der Waals surface area contributed by atoms with Crippen molar-refractivity contribution in [2.45, 2.75) is 13.5 Å². The normalized spacial score (nSPS) is 10.3. The Morgan fingerprint density at radius 1 is 1.30 bits per heavy atom. The molecule has 5 nitrogen and oxygen atoms in total. The van der Waals surface area contributed by atoms with Crippen molar-refractivity contribution in [3.8, 4) is 11.5 Å². The summed E-state index contributed by atoms with van der Waals surface area (Å²) >= 11 is 0. The number of anilines is 1. The first-order valence-corrected chi connectivity index (χ1v) is 6.29. The molecule has 0 fully saturated rings. The Morgan fingerprint density at radius 3 is 2.55 bits per heavy atom. The zero-order valence-electron chi connectivity index (χ0n) is 11.8. The molecule has 0 unspecified atom stereocenters. The van der Waals surface area contributed by atoms with E-state index in [0.717, 1.165) is 17.1 Å². The van der Waals surface area contributed by atoms with Crippen molar-refractivity contribution in [2.75, 3.05) is 12.4 Å². The number of pyridine rings is 1. The number of hydrogen-bond acceptors (Lipinski definition) is 4. The highest BCUT2D eigenvalue weighted by atomic mass is 16.5. The first kappa shape index (κ1) is 14.0. The minimum Gasteiger partial charge on any atom is -0.503 e. The quantitative estimate of drug-likeness (QED) is 0.895. The Kier molecular flexibility index (Phi) is 3.98. The Labute approximate surface area is 117 Å². The van der Waals surface area contributed by atoms with Gasteiger partial charge < -0.3 is 19.7 Å². The molecule has 0 amide bonds. The van der Waals surface area contributed by atoms with Crippen molar-refractivity contribution >= 4 is 5.69 Å². The molecule has 0 atom stereocenters. The van der Waals surface area contributed by atoms with Crippen molar-refractivity contribution in [1.29, 1.82) is 0 Å². The molecule has 0 aliphatic heterocycles. The molecule has 2 rings (SSSR count). The number of hydrogen-bond donors (Lipinski definition) is 2.